The summed E-state index contributed by atoms with van der Waals surface area (Å²) in [6.07, 6.45) is -0.973. The van der Waals surface area contributed by atoms with E-state index in [0.717, 1.165) is 0 Å². The van der Waals surface area contributed by atoms with Crippen LogP contribution in [0, 0.1) is 11.8 Å². The number of hydrogen-bond donors (Lipinski definition) is 2. The van der Waals surface area contributed by atoms with Gasteiger partial charge in [-0.15, -0.1) is 0 Å². The van der Waals surface area contributed by atoms with Crippen LogP contribution in [0.3, 0.4) is 0 Å². The molecule has 0 aromatic rings. The minimum Gasteiger partial charge on any atom is -0.472 e. The van der Waals surface area contributed by atoms with Crippen LogP contribution in [0.1, 0.15) is 0 Å². The molecule has 0 aromatic carbocycles. The monoisotopic (exact) mass is 143 g/mol. The number of nitrogens with two attached hydrogens (primary N) is 1. The zero-order chi connectivity index (χ0) is 7.98. The van der Waals surface area contributed by atoms with Gasteiger partial charge in [0, 0.05) is 5.92 Å². The Balaban J connectivity index is 3.48. The molecule has 0 aromatic heterocycles. The summed E-state index contributed by atoms with van der Waals surface area (Å²) in [4.78, 5) is 19.5. The minimum absolute atomic E-state index is 0.290. The lowest BCUT2D eigenvalue weighted by Crippen LogP contribution is -2.12. The normalized spacial score (nSPS) is 7.20. The number of carboxylic acids is 1. The summed E-state index contributed by atoms with van der Waals surface area (Å²) in [6.45, 7) is -0.290. The van der Waals surface area contributed by atoms with Crippen molar-refractivity contribution < 1.29 is 19.4 Å². The fourth-order valence-electron chi connectivity index (χ4n) is 0.219. The summed E-state index contributed by atoms with van der Waals surface area (Å²) in [5, 5.41) is 7.93. The molecule has 0 bridgehead atoms. The van der Waals surface area contributed by atoms with Gasteiger partial charge >= 0.3 is 12.1 Å². The van der Waals surface area contributed by atoms with E-state index in [4.69, 9.17) is 5.11 Å². The van der Waals surface area contributed by atoms with Gasteiger partial charge < -0.3 is 15.6 Å². The van der Waals surface area contributed by atoms with Crippen molar-refractivity contribution in [1.29, 1.82) is 0 Å². The summed E-state index contributed by atoms with van der Waals surface area (Å²) >= 11 is 0. The first-order chi connectivity index (χ1) is 4.63. The lowest BCUT2D eigenvalue weighted by molar-refractivity contribution is -0.130. The van der Waals surface area contributed by atoms with Crippen molar-refractivity contribution in [2.45, 2.75) is 0 Å². The molecule has 3 N–H and O–H groups in total. The average Bonchev–Trinajstić information content (AvgIpc) is 1.79. The smallest absolute Gasteiger partial charge is 0.405 e. The fraction of sp³-hybridized carbons (Fsp3) is 0.200. The Morgan fingerprint density at radius 2 is 2.20 bits per heavy atom. The van der Waals surface area contributed by atoms with E-state index in [2.05, 4.69) is 10.5 Å². The van der Waals surface area contributed by atoms with Crippen LogP contribution in [-0.2, 0) is 9.53 Å². The molecule has 0 saturated carbocycles. The molecule has 0 aliphatic carbocycles. The maximum absolute atomic E-state index is 9.83. The van der Waals surface area contributed by atoms with Gasteiger partial charge in [-0.3, -0.25) is 0 Å². The van der Waals surface area contributed by atoms with Gasteiger partial charge in [-0.1, -0.05) is 0 Å². The number of amides is 1. The second kappa shape index (κ2) is 4.21. The highest BCUT2D eigenvalue weighted by Gasteiger charge is 1.87. The van der Waals surface area contributed by atoms with Crippen LogP contribution in [-0.4, -0.2) is 23.8 Å². The van der Waals surface area contributed by atoms with Gasteiger partial charge in [0.25, 0.3) is 0 Å². The van der Waals surface area contributed by atoms with Crippen molar-refractivity contribution in [3.63, 3.8) is 0 Å². The van der Waals surface area contributed by atoms with E-state index >= 15 is 0 Å². The van der Waals surface area contributed by atoms with Crippen molar-refractivity contribution in [2.75, 3.05) is 6.61 Å². The lowest BCUT2D eigenvalue weighted by Gasteiger charge is -1.89. The van der Waals surface area contributed by atoms with Crippen molar-refractivity contribution in [1.82, 2.24) is 0 Å². The second-order valence-corrected chi connectivity index (χ2v) is 1.21. The summed E-state index contributed by atoms with van der Waals surface area (Å²) in [6, 6.07) is 0. The number of rotatable bonds is 1. The topological polar surface area (TPSA) is 89.6 Å². The number of ether oxygens (including phenoxy) is 1. The first-order valence-electron chi connectivity index (χ1n) is 2.27. The van der Waals surface area contributed by atoms with Crippen LogP contribution < -0.4 is 5.73 Å². The van der Waals surface area contributed by atoms with Crippen molar-refractivity contribution in [2.24, 2.45) is 5.73 Å². The number of primary amides is 1. The molecule has 0 fully saturated rings. The van der Waals surface area contributed by atoms with Crippen molar-refractivity contribution >= 4 is 12.1 Å². The quantitative estimate of drug-likeness (QED) is 0.469. The van der Waals surface area contributed by atoms with Crippen LogP contribution in [0.15, 0.2) is 0 Å². The van der Waals surface area contributed by atoms with E-state index in [1.165, 1.54) is 0 Å². The number of carbonyl (C=O) groups excluding carboxylic acids is 1. The largest absolute Gasteiger partial charge is 0.472 e. The number of aliphatic carboxylic acids is 1. The molecule has 0 radical (unpaired) electrons. The minimum atomic E-state index is -1.27. The van der Waals surface area contributed by atoms with Gasteiger partial charge in [-0.25, -0.2) is 9.59 Å². The van der Waals surface area contributed by atoms with Gasteiger partial charge in [-0.2, -0.15) is 0 Å². The van der Waals surface area contributed by atoms with Gasteiger partial charge in [0.15, 0.2) is 6.61 Å². The SMILES string of the molecule is NC(=O)OCC#CC(=O)O. The van der Waals surface area contributed by atoms with E-state index in [9.17, 15) is 9.59 Å². The van der Waals surface area contributed by atoms with Gasteiger partial charge in [0.1, 0.15) is 0 Å². The second-order valence-electron chi connectivity index (χ2n) is 1.21. The highest BCUT2D eigenvalue weighted by Crippen LogP contribution is 1.69. The Morgan fingerprint density at radius 3 is 2.60 bits per heavy atom. The molecule has 1 amide bonds. The van der Waals surface area contributed by atoms with E-state index in [0.29, 0.717) is 0 Å². The molecule has 5 nitrogen and oxygen atoms in total. The Kier molecular flexibility index (Phi) is 3.49. The third kappa shape index (κ3) is 6.30. The van der Waals surface area contributed by atoms with E-state index < -0.39 is 12.1 Å². The maximum Gasteiger partial charge on any atom is 0.405 e. The molecule has 10 heavy (non-hydrogen) atoms. The van der Waals surface area contributed by atoms with Gasteiger partial charge in [0.05, 0.1) is 0 Å². The van der Waals surface area contributed by atoms with E-state index in [1.807, 2.05) is 5.92 Å². The molecule has 0 aliphatic rings. The molecular formula is C5H5NO4. The highest BCUT2D eigenvalue weighted by atomic mass is 16.5. The molecule has 5 heteroatoms. The molecule has 0 spiro atoms. The Labute approximate surface area is 56.8 Å². The van der Waals surface area contributed by atoms with E-state index in [-0.39, 0.29) is 6.61 Å². The van der Waals surface area contributed by atoms with Gasteiger partial charge in [-0.05, 0) is 5.92 Å². The molecule has 0 atom stereocenters. The van der Waals surface area contributed by atoms with Crippen LogP contribution >= 0.6 is 0 Å². The Bertz CT molecular complexity index is 199. The van der Waals surface area contributed by atoms with Gasteiger partial charge in [0.2, 0.25) is 0 Å². The maximum atomic E-state index is 9.83. The first-order valence-corrected chi connectivity index (χ1v) is 2.27. The predicted molar refractivity (Wildman–Crippen MR) is 30.9 cm³/mol. The van der Waals surface area contributed by atoms with Crippen LogP contribution in [0.2, 0.25) is 0 Å². The standard InChI is InChI=1S/C5H5NO4/c6-5(9)10-3-1-2-4(7)8/h3H2,(H2,6,9)(H,7,8). The molecule has 54 valence electrons. The summed E-state index contributed by atoms with van der Waals surface area (Å²) in [5.74, 6) is 2.51. The summed E-state index contributed by atoms with van der Waals surface area (Å²) in [7, 11) is 0. The molecule has 0 saturated heterocycles. The third-order valence-electron chi connectivity index (χ3n) is 0.482. The number of carbonyl (C=O) groups is 2. The number of hydrogen-bond acceptors (Lipinski definition) is 3. The summed E-state index contributed by atoms with van der Waals surface area (Å²) in [5.41, 5.74) is 4.53. The fourth-order valence-corrected chi connectivity index (χ4v) is 0.219. The Morgan fingerprint density at radius 1 is 1.60 bits per heavy atom. The Hall–Kier alpha value is -1.70. The third-order valence-corrected chi connectivity index (χ3v) is 0.482. The van der Waals surface area contributed by atoms with Crippen molar-refractivity contribution in [3.8, 4) is 11.8 Å². The zero-order valence-electron chi connectivity index (χ0n) is 4.96. The van der Waals surface area contributed by atoms with Crippen molar-refractivity contribution in [3.05, 3.63) is 0 Å². The molecule has 0 aliphatic heterocycles. The van der Waals surface area contributed by atoms with E-state index in [1.54, 1.807) is 5.92 Å². The van der Waals surface area contributed by atoms with Crippen LogP contribution in [0.5, 0.6) is 0 Å². The average molecular weight is 143 g/mol. The first kappa shape index (κ1) is 8.30. The zero-order valence-corrected chi connectivity index (χ0v) is 4.96. The lowest BCUT2D eigenvalue weighted by atomic mass is 10.6. The highest BCUT2D eigenvalue weighted by molar-refractivity contribution is 5.86. The van der Waals surface area contributed by atoms with Crippen LogP contribution in [0.25, 0.3) is 0 Å². The molecule has 0 heterocycles. The number of carboxylic acid groups (broad SMARTS) is 1. The molecule has 0 unspecified atom stereocenters. The molecule has 0 rings (SSSR count). The van der Waals surface area contributed by atoms with Crippen LogP contribution in [0.4, 0.5) is 4.79 Å². The summed E-state index contributed by atoms with van der Waals surface area (Å²) < 4.78 is 4.09. The molecular weight excluding hydrogens is 138 g/mol. The predicted octanol–water partition coefficient (Wildman–Crippen LogP) is -0.830.